The Morgan fingerprint density at radius 1 is 1.22 bits per heavy atom. The van der Waals surface area contributed by atoms with Gasteiger partial charge in [0.15, 0.2) is 0 Å². The number of rotatable bonds is 5. The van der Waals surface area contributed by atoms with E-state index in [1.165, 1.54) is 20.5 Å². The maximum absolute atomic E-state index is 5.79. The van der Waals surface area contributed by atoms with Crippen LogP contribution in [0.1, 0.15) is 0 Å². The molecular formula is C14H20INOSi. The van der Waals surface area contributed by atoms with Crippen molar-refractivity contribution < 1.29 is 4.74 Å². The van der Waals surface area contributed by atoms with Gasteiger partial charge in [-0.25, -0.2) is 0 Å². The summed E-state index contributed by atoms with van der Waals surface area (Å²) >= 11 is 2.34. The van der Waals surface area contributed by atoms with Crippen LogP contribution in [-0.4, -0.2) is 19.2 Å². The molecule has 2 aromatic rings. The second-order valence-electron chi connectivity index (χ2n) is 5.84. The Bertz CT molecular complexity index is 530. The van der Waals surface area contributed by atoms with Crippen molar-refractivity contribution in [3.8, 4) is 0 Å². The first kappa shape index (κ1) is 14.1. The van der Waals surface area contributed by atoms with Gasteiger partial charge >= 0.3 is 0 Å². The van der Waals surface area contributed by atoms with E-state index < -0.39 is 8.07 Å². The minimum Gasteiger partial charge on any atom is -0.361 e. The highest BCUT2D eigenvalue weighted by Crippen LogP contribution is 2.19. The average molecular weight is 373 g/mol. The Labute approximate surface area is 123 Å². The summed E-state index contributed by atoms with van der Waals surface area (Å²) in [5.74, 6) is 0. The van der Waals surface area contributed by atoms with Crippen molar-refractivity contribution in [2.24, 2.45) is 0 Å². The third-order valence-corrected chi connectivity index (χ3v) is 5.33. The molecule has 0 aliphatic heterocycles. The molecule has 0 bridgehead atoms. The van der Waals surface area contributed by atoms with Gasteiger partial charge in [-0.1, -0.05) is 19.6 Å². The quantitative estimate of drug-likeness (QED) is 0.426. The summed E-state index contributed by atoms with van der Waals surface area (Å²) in [5, 5.41) is 1.29. The van der Waals surface area contributed by atoms with E-state index in [0.29, 0.717) is 6.73 Å². The van der Waals surface area contributed by atoms with Gasteiger partial charge in [0.2, 0.25) is 0 Å². The topological polar surface area (TPSA) is 14.2 Å². The number of benzene rings is 1. The van der Waals surface area contributed by atoms with Gasteiger partial charge in [-0.15, -0.1) is 0 Å². The maximum Gasteiger partial charge on any atom is 0.122 e. The van der Waals surface area contributed by atoms with Crippen molar-refractivity contribution in [3.63, 3.8) is 0 Å². The fourth-order valence-electron chi connectivity index (χ4n) is 1.82. The predicted octanol–water partition coefficient (Wildman–Crippen LogP) is 4.56. The number of hydrogen-bond donors (Lipinski definition) is 0. The summed E-state index contributed by atoms with van der Waals surface area (Å²) in [4.78, 5) is 0. The van der Waals surface area contributed by atoms with Crippen LogP contribution in [0.4, 0.5) is 0 Å². The van der Waals surface area contributed by atoms with Gasteiger partial charge in [0.1, 0.15) is 6.73 Å². The molecule has 0 aliphatic rings. The van der Waals surface area contributed by atoms with E-state index in [9.17, 15) is 0 Å². The van der Waals surface area contributed by atoms with E-state index in [0.717, 1.165) is 6.61 Å². The second-order valence-corrected chi connectivity index (χ2v) is 12.7. The minimum atomic E-state index is -0.976. The second kappa shape index (κ2) is 5.75. The van der Waals surface area contributed by atoms with Crippen LogP contribution >= 0.6 is 22.6 Å². The maximum atomic E-state index is 5.79. The normalized spacial score (nSPS) is 12.2. The zero-order chi connectivity index (χ0) is 13.2. The highest BCUT2D eigenvalue weighted by molar-refractivity contribution is 14.1. The van der Waals surface area contributed by atoms with E-state index in [2.05, 4.69) is 77.3 Å². The van der Waals surface area contributed by atoms with Gasteiger partial charge in [0, 0.05) is 29.8 Å². The van der Waals surface area contributed by atoms with Crippen LogP contribution < -0.4 is 0 Å². The smallest absolute Gasteiger partial charge is 0.122 e. The Kier molecular flexibility index (Phi) is 4.50. The molecule has 2 nitrogen and oxygen atoms in total. The number of hydrogen-bond acceptors (Lipinski definition) is 1. The molecule has 1 aromatic heterocycles. The third-order valence-electron chi connectivity index (χ3n) is 2.96. The van der Waals surface area contributed by atoms with Gasteiger partial charge < -0.3 is 9.30 Å². The molecule has 1 heterocycles. The average Bonchev–Trinajstić information content (AvgIpc) is 2.65. The van der Waals surface area contributed by atoms with Crippen molar-refractivity contribution in [1.29, 1.82) is 0 Å². The number of ether oxygens (including phenoxy) is 1. The fraction of sp³-hybridized carbons (Fsp3) is 0.429. The molecule has 4 heteroatoms. The molecule has 0 N–H and O–H groups in total. The fourth-order valence-corrected chi connectivity index (χ4v) is 3.10. The van der Waals surface area contributed by atoms with E-state index in [-0.39, 0.29) is 0 Å². The Morgan fingerprint density at radius 2 is 2.00 bits per heavy atom. The highest BCUT2D eigenvalue weighted by Gasteiger charge is 2.12. The number of halogens is 1. The van der Waals surface area contributed by atoms with E-state index >= 15 is 0 Å². The van der Waals surface area contributed by atoms with Crippen LogP contribution in [0.3, 0.4) is 0 Å². The first-order valence-corrected chi connectivity index (χ1v) is 11.1. The van der Waals surface area contributed by atoms with Crippen LogP contribution in [0.5, 0.6) is 0 Å². The zero-order valence-electron chi connectivity index (χ0n) is 11.2. The summed E-state index contributed by atoms with van der Waals surface area (Å²) in [7, 11) is -0.976. The molecule has 0 unspecified atom stereocenters. The molecule has 2 rings (SSSR count). The summed E-state index contributed by atoms with van der Waals surface area (Å²) in [6, 6.07) is 9.89. The van der Waals surface area contributed by atoms with Crippen LogP contribution in [-0.2, 0) is 11.5 Å². The van der Waals surface area contributed by atoms with Gasteiger partial charge in [-0.05, 0) is 52.9 Å². The molecule has 0 spiro atoms. The van der Waals surface area contributed by atoms with Crippen LogP contribution in [0.25, 0.3) is 10.9 Å². The van der Waals surface area contributed by atoms with E-state index in [1.54, 1.807) is 0 Å². The molecule has 0 atom stereocenters. The number of fused-ring (bicyclic) bond motifs is 1. The van der Waals surface area contributed by atoms with Crippen molar-refractivity contribution in [3.05, 3.63) is 34.0 Å². The van der Waals surface area contributed by atoms with Crippen LogP contribution in [0.15, 0.2) is 30.5 Å². The van der Waals surface area contributed by atoms with Gasteiger partial charge in [0.25, 0.3) is 0 Å². The van der Waals surface area contributed by atoms with Crippen LogP contribution in [0, 0.1) is 3.57 Å². The SMILES string of the molecule is C[Si](C)(C)CCOCn1ccc2cc(I)ccc21. The Balaban J connectivity index is 1.96. The first-order valence-electron chi connectivity index (χ1n) is 6.28. The summed E-state index contributed by atoms with van der Waals surface area (Å²) in [5.41, 5.74) is 1.25. The van der Waals surface area contributed by atoms with Crippen molar-refractivity contribution in [2.45, 2.75) is 32.4 Å². The monoisotopic (exact) mass is 373 g/mol. The predicted molar refractivity (Wildman–Crippen MR) is 88.8 cm³/mol. The molecule has 0 saturated heterocycles. The lowest BCUT2D eigenvalue weighted by atomic mass is 10.2. The molecule has 18 heavy (non-hydrogen) atoms. The Hall–Kier alpha value is -0.333. The lowest BCUT2D eigenvalue weighted by molar-refractivity contribution is 0.0902. The number of nitrogens with zero attached hydrogens (tertiary/aromatic N) is 1. The van der Waals surface area contributed by atoms with E-state index in [1.807, 2.05) is 0 Å². The molecule has 0 radical (unpaired) electrons. The van der Waals surface area contributed by atoms with Crippen molar-refractivity contribution >= 4 is 41.6 Å². The molecule has 0 amide bonds. The summed E-state index contributed by atoms with van der Waals surface area (Å²) in [6.45, 7) is 8.67. The first-order chi connectivity index (χ1) is 8.46. The molecule has 1 aromatic carbocycles. The number of aromatic nitrogens is 1. The lowest BCUT2D eigenvalue weighted by Gasteiger charge is -2.15. The highest BCUT2D eigenvalue weighted by atomic mass is 127. The molecule has 98 valence electrons. The molecule has 0 aliphatic carbocycles. The molecule has 0 fully saturated rings. The van der Waals surface area contributed by atoms with Gasteiger partial charge in [0.05, 0.1) is 5.52 Å². The Morgan fingerprint density at radius 3 is 2.72 bits per heavy atom. The van der Waals surface area contributed by atoms with E-state index in [4.69, 9.17) is 4.74 Å². The minimum absolute atomic E-state index is 0.661. The van der Waals surface area contributed by atoms with Gasteiger partial charge in [-0.2, -0.15) is 0 Å². The molecule has 0 saturated carbocycles. The van der Waals surface area contributed by atoms with Crippen molar-refractivity contribution in [2.75, 3.05) is 6.61 Å². The zero-order valence-corrected chi connectivity index (χ0v) is 14.4. The lowest BCUT2D eigenvalue weighted by Crippen LogP contribution is -2.21. The van der Waals surface area contributed by atoms with Crippen LogP contribution in [0.2, 0.25) is 25.7 Å². The largest absolute Gasteiger partial charge is 0.361 e. The standard InChI is InChI=1S/C14H20INOSi/c1-18(2,3)9-8-17-11-16-7-6-12-10-13(15)4-5-14(12)16/h4-7,10H,8-9,11H2,1-3H3. The van der Waals surface area contributed by atoms with Crippen molar-refractivity contribution in [1.82, 2.24) is 4.57 Å². The summed E-state index contributed by atoms with van der Waals surface area (Å²) < 4.78 is 9.24. The third kappa shape index (κ3) is 3.83. The molecular weight excluding hydrogens is 353 g/mol. The van der Waals surface area contributed by atoms with Gasteiger partial charge in [-0.3, -0.25) is 0 Å². The summed E-state index contributed by atoms with van der Waals surface area (Å²) in [6.07, 6.45) is 2.11.